The predicted octanol–water partition coefficient (Wildman–Crippen LogP) is 4.57. The molecule has 1 atom stereocenters. The molecule has 1 aliphatic carbocycles. The van der Waals surface area contributed by atoms with Gasteiger partial charge in [-0.2, -0.15) is 4.79 Å². The van der Waals surface area contributed by atoms with E-state index in [2.05, 4.69) is 15.9 Å². The van der Waals surface area contributed by atoms with E-state index < -0.39 is 0 Å². The largest absolute Gasteiger partial charge is 0.179 e. The lowest BCUT2D eigenvalue weighted by Crippen LogP contribution is -2.04. The van der Waals surface area contributed by atoms with E-state index in [1.165, 1.54) is 0 Å². The molecule has 0 bridgehead atoms. The van der Waals surface area contributed by atoms with Crippen LogP contribution in [0.2, 0.25) is 0 Å². The van der Waals surface area contributed by atoms with Crippen molar-refractivity contribution >= 4 is 39.0 Å². The van der Waals surface area contributed by atoms with Gasteiger partial charge in [0.15, 0.2) is 0 Å². The molecule has 2 aromatic rings. The van der Waals surface area contributed by atoms with Gasteiger partial charge in [-0.3, -0.25) is 0 Å². The zero-order valence-electron chi connectivity index (χ0n) is 9.32. The highest BCUT2D eigenvalue weighted by Crippen LogP contribution is 2.34. The Morgan fingerprint density at radius 2 is 1.88 bits per heavy atom. The lowest BCUT2D eigenvalue weighted by atomic mass is 10.1. The lowest BCUT2D eigenvalue weighted by molar-refractivity contribution is 0.384. The van der Waals surface area contributed by atoms with Gasteiger partial charge >= 0.3 is 0 Å². The van der Waals surface area contributed by atoms with Gasteiger partial charge in [0.2, 0.25) is 0 Å². The number of allylic oxidation sites excluding steroid dienone is 2. The number of aromatic nitrogens is 1. The van der Waals surface area contributed by atoms with Crippen molar-refractivity contribution in [2.45, 2.75) is 11.2 Å². The highest BCUT2D eigenvalue weighted by Gasteiger charge is 2.19. The first kappa shape index (κ1) is 10.8. The van der Waals surface area contributed by atoms with Gasteiger partial charge in [-0.25, -0.2) is 0 Å². The molecule has 86 valence electrons. The highest BCUT2D eigenvalue weighted by molar-refractivity contribution is 9.10. The molecular weight excluding hydrogens is 281 g/mol. The third-order valence-corrected chi connectivity index (χ3v) is 3.56. The van der Waals surface area contributed by atoms with E-state index in [0.717, 1.165) is 15.7 Å². The van der Waals surface area contributed by atoms with Crippen molar-refractivity contribution < 1.29 is 4.48 Å². The van der Waals surface area contributed by atoms with Crippen LogP contribution in [-0.2, 0) is 0 Å². The number of fused-ring (bicyclic) bond motifs is 3. The first-order chi connectivity index (χ1) is 8.08. The minimum Gasteiger partial charge on any atom is -0.179 e. The molecule has 1 aromatic heterocycles. The monoisotopic (exact) mass is 291 g/mol. The molecule has 1 aromatic carbocycles. The number of rotatable bonds is 0. The van der Waals surface area contributed by atoms with Crippen molar-refractivity contribution in [3.8, 4) is 0 Å². The van der Waals surface area contributed by atoms with Crippen LogP contribution in [0.4, 0.5) is 4.48 Å². The van der Waals surface area contributed by atoms with Crippen LogP contribution >= 0.6 is 15.9 Å². The molecule has 1 nitrogen and oxygen atoms in total. The normalized spacial score (nSPS) is 22.8. The second-order valence-corrected chi connectivity index (χ2v) is 6.12. The maximum Gasteiger partial charge on any atom is 0.0826 e. The number of para-hydroxylation sites is 1. The zero-order valence-corrected chi connectivity index (χ0v) is 10.9. The number of hydrogen-bond donors (Lipinski definition) is 0. The summed E-state index contributed by atoms with van der Waals surface area (Å²) in [6.45, 7) is 2.02. The summed E-state index contributed by atoms with van der Waals surface area (Å²) in [5.41, 5.74) is 2.15. The van der Waals surface area contributed by atoms with E-state index in [9.17, 15) is 4.48 Å². The Morgan fingerprint density at radius 1 is 1.18 bits per heavy atom. The summed E-state index contributed by atoms with van der Waals surface area (Å²) in [5.74, 6) is 0. The van der Waals surface area contributed by atoms with E-state index in [-0.39, 0.29) is 4.32 Å². The lowest BCUT2D eigenvalue weighted by Gasteiger charge is -2.09. The second-order valence-electron chi connectivity index (χ2n) is 4.41. The Labute approximate surface area is 107 Å². The Hall–Kier alpha value is -1.35. The van der Waals surface area contributed by atoms with Gasteiger partial charge in [0.25, 0.3) is 0 Å². The summed E-state index contributed by atoms with van der Waals surface area (Å²) in [4.78, 5) is 0.750. The van der Waals surface area contributed by atoms with Crippen LogP contribution in [0, 0.1) is 0 Å². The molecule has 3 heteroatoms. The Bertz CT molecular complexity index is 650. The van der Waals surface area contributed by atoms with Gasteiger partial charge in [-0.05, 0) is 19.1 Å². The van der Waals surface area contributed by atoms with Crippen LogP contribution in [0.1, 0.15) is 18.2 Å². The number of halogens is 2. The zero-order chi connectivity index (χ0) is 12.0. The molecule has 1 aliphatic rings. The third-order valence-electron chi connectivity index (χ3n) is 3.04. The molecule has 17 heavy (non-hydrogen) atoms. The third kappa shape index (κ3) is 1.65. The molecular formula is C14H11BrFN. The smallest absolute Gasteiger partial charge is 0.0826 e. The fourth-order valence-electron chi connectivity index (χ4n) is 2.12. The van der Waals surface area contributed by atoms with Crippen LogP contribution < -0.4 is 0 Å². The van der Waals surface area contributed by atoms with Crippen molar-refractivity contribution in [2.24, 2.45) is 0 Å². The summed E-state index contributed by atoms with van der Waals surface area (Å²) in [5, 5.41) is 0.941. The van der Waals surface area contributed by atoms with Crippen molar-refractivity contribution in [1.29, 1.82) is 0 Å². The standard InChI is InChI=1S/C14H11BrFN/c1-14(15)8-6-11-10-4-2-3-5-12(10)17(16)13(11)7-9-14/h2-9H,1H3. The number of nitrogens with zero attached hydrogens (tertiary/aromatic N) is 1. The number of alkyl halides is 1. The van der Waals surface area contributed by atoms with E-state index >= 15 is 0 Å². The first-order valence-corrected chi connectivity index (χ1v) is 6.25. The number of benzene rings is 1. The molecule has 0 saturated heterocycles. The molecule has 3 rings (SSSR count). The Morgan fingerprint density at radius 3 is 2.71 bits per heavy atom. The van der Waals surface area contributed by atoms with Crippen LogP contribution in [0.15, 0.2) is 36.4 Å². The quantitative estimate of drug-likeness (QED) is 0.627. The van der Waals surface area contributed by atoms with Gasteiger partial charge in [0.1, 0.15) is 0 Å². The van der Waals surface area contributed by atoms with E-state index in [0.29, 0.717) is 11.2 Å². The van der Waals surface area contributed by atoms with Crippen LogP contribution in [-0.4, -0.2) is 9.11 Å². The topological polar surface area (TPSA) is 4.93 Å². The summed E-state index contributed by atoms with van der Waals surface area (Å²) in [7, 11) is 0. The molecule has 1 heterocycles. The van der Waals surface area contributed by atoms with Crippen LogP contribution in [0.3, 0.4) is 0 Å². The van der Waals surface area contributed by atoms with E-state index in [1.54, 1.807) is 6.07 Å². The van der Waals surface area contributed by atoms with Gasteiger partial charge in [-0.1, -0.05) is 56.8 Å². The average molecular weight is 292 g/mol. The SMILES string of the molecule is CC1(Br)C=Cc2c(n(F)c3ccccc23)C=C1. The Balaban J connectivity index is 2.37. The van der Waals surface area contributed by atoms with E-state index in [1.807, 2.05) is 49.4 Å². The number of hydrogen-bond acceptors (Lipinski definition) is 0. The van der Waals surface area contributed by atoms with Crippen LogP contribution in [0.5, 0.6) is 0 Å². The molecule has 0 N–H and O–H groups in total. The maximum atomic E-state index is 14.2. The Kier molecular flexibility index (Phi) is 2.26. The van der Waals surface area contributed by atoms with Crippen molar-refractivity contribution in [3.63, 3.8) is 0 Å². The molecule has 0 radical (unpaired) electrons. The highest BCUT2D eigenvalue weighted by atomic mass is 79.9. The molecule has 0 saturated carbocycles. The molecule has 0 amide bonds. The van der Waals surface area contributed by atoms with Crippen molar-refractivity contribution in [2.75, 3.05) is 0 Å². The van der Waals surface area contributed by atoms with Gasteiger partial charge in [-0.15, -0.1) is 0 Å². The van der Waals surface area contributed by atoms with Crippen LogP contribution in [0.25, 0.3) is 23.1 Å². The summed E-state index contributed by atoms with van der Waals surface area (Å²) in [6, 6.07) is 7.51. The summed E-state index contributed by atoms with van der Waals surface area (Å²) >= 11 is 3.57. The second kappa shape index (κ2) is 3.57. The minimum absolute atomic E-state index is 0.215. The van der Waals surface area contributed by atoms with Gasteiger partial charge in [0.05, 0.1) is 15.5 Å². The van der Waals surface area contributed by atoms with Gasteiger partial charge in [0, 0.05) is 10.9 Å². The molecule has 1 unspecified atom stereocenters. The minimum atomic E-state index is -0.215. The fraction of sp³-hybridized carbons (Fsp3) is 0.143. The molecule has 0 spiro atoms. The fourth-order valence-corrected chi connectivity index (χ4v) is 2.38. The summed E-state index contributed by atoms with van der Waals surface area (Å²) < 4.78 is 13.9. The average Bonchev–Trinajstić information content (AvgIpc) is 2.46. The van der Waals surface area contributed by atoms with Crippen molar-refractivity contribution in [1.82, 2.24) is 4.79 Å². The van der Waals surface area contributed by atoms with Crippen molar-refractivity contribution in [3.05, 3.63) is 47.7 Å². The van der Waals surface area contributed by atoms with E-state index in [4.69, 9.17) is 0 Å². The molecule has 0 fully saturated rings. The molecule has 0 aliphatic heterocycles. The first-order valence-electron chi connectivity index (χ1n) is 5.45. The maximum absolute atomic E-state index is 14.2. The summed E-state index contributed by atoms with van der Waals surface area (Å²) in [6.07, 6.45) is 7.78. The van der Waals surface area contributed by atoms with Gasteiger partial charge < -0.3 is 0 Å². The predicted molar refractivity (Wildman–Crippen MR) is 73.8 cm³/mol.